The van der Waals surface area contributed by atoms with Gasteiger partial charge < -0.3 is 10.5 Å². The number of ether oxygens (including phenoxy) is 1. The molecular weight excluding hydrogens is 316 g/mol. The Morgan fingerprint density at radius 2 is 1.72 bits per heavy atom. The van der Waals surface area contributed by atoms with Crippen molar-refractivity contribution in [3.05, 3.63) is 58.6 Å². The Bertz CT molecular complexity index is 543. The molecular formula is C13H12BrClN2O. The molecule has 2 aromatic carbocycles. The smallest absolute Gasteiger partial charge is 0.128 e. The number of rotatable bonds is 3. The van der Waals surface area contributed by atoms with E-state index >= 15 is 0 Å². The van der Waals surface area contributed by atoms with E-state index in [9.17, 15) is 0 Å². The molecule has 18 heavy (non-hydrogen) atoms. The van der Waals surface area contributed by atoms with Crippen LogP contribution in [0.25, 0.3) is 0 Å². The van der Waals surface area contributed by atoms with Crippen LogP contribution in [-0.4, -0.2) is 5.84 Å². The average Bonchev–Trinajstić information content (AvgIpc) is 2.29. The molecule has 3 N–H and O–H groups in total. The van der Waals surface area contributed by atoms with Crippen molar-refractivity contribution in [1.82, 2.24) is 0 Å². The Labute approximate surface area is 120 Å². The lowest BCUT2D eigenvalue weighted by atomic mass is 10.2. The topological polar surface area (TPSA) is 59.1 Å². The molecule has 0 fully saturated rings. The highest BCUT2D eigenvalue weighted by Gasteiger charge is 1.99. The first-order valence-electron chi connectivity index (χ1n) is 5.03. The van der Waals surface area contributed by atoms with E-state index in [1.54, 1.807) is 24.3 Å². The van der Waals surface area contributed by atoms with Crippen LogP contribution in [0.1, 0.15) is 5.56 Å². The van der Waals surface area contributed by atoms with Crippen LogP contribution in [-0.2, 0) is 0 Å². The fraction of sp³-hybridized carbons (Fsp3) is 0. The van der Waals surface area contributed by atoms with Crippen LogP contribution in [0.4, 0.5) is 0 Å². The summed E-state index contributed by atoms with van der Waals surface area (Å²) in [5.41, 5.74) is 6.06. The first-order chi connectivity index (χ1) is 8.15. The Hall–Kier alpha value is -1.52. The van der Waals surface area contributed by atoms with E-state index in [-0.39, 0.29) is 18.2 Å². The fourth-order valence-electron chi connectivity index (χ4n) is 1.37. The number of hydrogen-bond donors (Lipinski definition) is 2. The van der Waals surface area contributed by atoms with E-state index in [4.69, 9.17) is 15.9 Å². The maximum atomic E-state index is 7.29. The predicted molar refractivity (Wildman–Crippen MR) is 78.9 cm³/mol. The van der Waals surface area contributed by atoms with E-state index in [1.165, 1.54) is 0 Å². The lowest BCUT2D eigenvalue weighted by Crippen LogP contribution is -2.10. The summed E-state index contributed by atoms with van der Waals surface area (Å²) >= 11 is 3.38. The second-order valence-electron chi connectivity index (χ2n) is 3.50. The maximum absolute atomic E-state index is 7.29. The van der Waals surface area contributed by atoms with Gasteiger partial charge in [0.15, 0.2) is 0 Å². The summed E-state index contributed by atoms with van der Waals surface area (Å²) in [6, 6.07) is 14.7. The quantitative estimate of drug-likeness (QED) is 0.662. The van der Waals surface area contributed by atoms with Gasteiger partial charge in [0, 0.05) is 10.0 Å². The number of nitrogens with one attached hydrogen (secondary N) is 1. The number of halogens is 2. The van der Waals surface area contributed by atoms with Crippen LogP contribution in [0.5, 0.6) is 11.5 Å². The van der Waals surface area contributed by atoms with Crippen molar-refractivity contribution in [2.75, 3.05) is 0 Å². The van der Waals surface area contributed by atoms with Gasteiger partial charge in [-0.3, -0.25) is 5.41 Å². The van der Waals surface area contributed by atoms with Crippen LogP contribution in [0.15, 0.2) is 53.0 Å². The Morgan fingerprint density at radius 1 is 1.06 bits per heavy atom. The Morgan fingerprint density at radius 3 is 2.28 bits per heavy atom. The molecule has 0 aliphatic carbocycles. The zero-order valence-corrected chi connectivity index (χ0v) is 11.8. The van der Waals surface area contributed by atoms with Gasteiger partial charge in [0.1, 0.15) is 17.3 Å². The highest BCUT2D eigenvalue weighted by molar-refractivity contribution is 9.10. The van der Waals surface area contributed by atoms with Crippen LogP contribution in [0.3, 0.4) is 0 Å². The van der Waals surface area contributed by atoms with Gasteiger partial charge >= 0.3 is 0 Å². The third kappa shape index (κ3) is 3.75. The SMILES string of the molecule is Cl.N=C(N)c1ccc(Oc2cccc(Br)c2)cc1. The molecule has 0 aliphatic rings. The number of nitrogens with two attached hydrogens (primary N) is 1. The molecule has 5 heteroatoms. The summed E-state index contributed by atoms with van der Waals surface area (Å²) < 4.78 is 6.62. The monoisotopic (exact) mass is 326 g/mol. The lowest BCUT2D eigenvalue weighted by molar-refractivity contribution is 0.482. The van der Waals surface area contributed by atoms with Gasteiger partial charge in [-0.05, 0) is 42.5 Å². The third-order valence-corrected chi connectivity index (χ3v) is 2.69. The zero-order valence-electron chi connectivity index (χ0n) is 9.39. The minimum absolute atomic E-state index is 0. The van der Waals surface area contributed by atoms with Crippen LogP contribution in [0, 0.1) is 5.41 Å². The standard InChI is InChI=1S/C13H11BrN2O.ClH/c14-10-2-1-3-12(8-10)17-11-6-4-9(5-7-11)13(15)16;/h1-8H,(H3,15,16);1H. The molecule has 0 radical (unpaired) electrons. The fourth-order valence-corrected chi connectivity index (χ4v) is 1.75. The van der Waals surface area contributed by atoms with Gasteiger partial charge in [-0.15, -0.1) is 12.4 Å². The molecule has 0 spiro atoms. The van der Waals surface area contributed by atoms with Gasteiger partial charge in [0.05, 0.1) is 0 Å². The van der Waals surface area contributed by atoms with Crippen molar-refractivity contribution >= 4 is 34.2 Å². The van der Waals surface area contributed by atoms with Crippen molar-refractivity contribution in [3.63, 3.8) is 0 Å². The molecule has 0 amide bonds. The molecule has 0 aliphatic heterocycles. The summed E-state index contributed by atoms with van der Waals surface area (Å²) in [4.78, 5) is 0. The summed E-state index contributed by atoms with van der Waals surface area (Å²) in [6.45, 7) is 0. The molecule has 0 saturated heterocycles. The molecule has 0 bridgehead atoms. The molecule has 3 nitrogen and oxygen atoms in total. The predicted octanol–water partition coefficient (Wildman–Crippen LogP) is 3.95. The van der Waals surface area contributed by atoms with Crippen LogP contribution in [0.2, 0.25) is 0 Å². The van der Waals surface area contributed by atoms with Crippen LogP contribution >= 0.6 is 28.3 Å². The second kappa shape index (κ2) is 6.42. The first kappa shape index (κ1) is 14.5. The third-order valence-electron chi connectivity index (χ3n) is 2.20. The van der Waals surface area contributed by atoms with E-state index in [1.807, 2.05) is 24.3 Å². The second-order valence-corrected chi connectivity index (χ2v) is 4.41. The largest absolute Gasteiger partial charge is 0.457 e. The Kier molecular flexibility index (Phi) is 5.19. The lowest BCUT2D eigenvalue weighted by Gasteiger charge is -2.06. The van der Waals surface area contributed by atoms with Crippen molar-refractivity contribution in [2.45, 2.75) is 0 Å². The van der Waals surface area contributed by atoms with Crippen LogP contribution < -0.4 is 10.5 Å². The van der Waals surface area contributed by atoms with Crippen molar-refractivity contribution in [1.29, 1.82) is 5.41 Å². The van der Waals surface area contributed by atoms with Crippen molar-refractivity contribution in [3.8, 4) is 11.5 Å². The molecule has 0 unspecified atom stereocenters. The first-order valence-corrected chi connectivity index (χ1v) is 5.82. The highest BCUT2D eigenvalue weighted by Crippen LogP contribution is 2.24. The Balaban J connectivity index is 0.00000162. The molecule has 2 rings (SSSR count). The molecule has 0 heterocycles. The summed E-state index contributed by atoms with van der Waals surface area (Å²) in [5.74, 6) is 1.53. The average molecular weight is 328 g/mol. The molecule has 0 aromatic heterocycles. The molecule has 2 aromatic rings. The normalized spacial score (nSPS) is 9.39. The summed E-state index contributed by atoms with van der Waals surface area (Å²) in [7, 11) is 0. The highest BCUT2D eigenvalue weighted by atomic mass is 79.9. The molecule has 94 valence electrons. The number of hydrogen-bond acceptors (Lipinski definition) is 2. The van der Waals surface area contributed by atoms with Gasteiger partial charge in [-0.2, -0.15) is 0 Å². The minimum Gasteiger partial charge on any atom is -0.457 e. The summed E-state index contributed by atoms with van der Waals surface area (Å²) in [6.07, 6.45) is 0. The van der Waals surface area contributed by atoms with E-state index in [2.05, 4.69) is 15.9 Å². The zero-order chi connectivity index (χ0) is 12.3. The van der Waals surface area contributed by atoms with Crippen molar-refractivity contribution < 1.29 is 4.74 Å². The maximum Gasteiger partial charge on any atom is 0.128 e. The van der Waals surface area contributed by atoms with E-state index < -0.39 is 0 Å². The van der Waals surface area contributed by atoms with Gasteiger partial charge in [-0.25, -0.2) is 0 Å². The van der Waals surface area contributed by atoms with Gasteiger partial charge in [0.2, 0.25) is 0 Å². The van der Waals surface area contributed by atoms with Gasteiger partial charge in [0.25, 0.3) is 0 Å². The van der Waals surface area contributed by atoms with E-state index in [0.717, 1.165) is 10.2 Å². The minimum atomic E-state index is 0. The molecule has 0 saturated carbocycles. The van der Waals surface area contributed by atoms with Gasteiger partial charge in [-0.1, -0.05) is 22.0 Å². The van der Waals surface area contributed by atoms with E-state index in [0.29, 0.717) is 11.3 Å². The molecule has 0 atom stereocenters. The summed E-state index contributed by atoms with van der Waals surface area (Å²) in [5, 5.41) is 7.29. The number of benzene rings is 2. The number of nitrogen functional groups attached to an aromatic ring is 1. The van der Waals surface area contributed by atoms with Crippen molar-refractivity contribution in [2.24, 2.45) is 5.73 Å². The number of amidine groups is 1.